The topological polar surface area (TPSA) is 193 Å². The highest BCUT2D eigenvalue weighted by Gasteiger charge is 2.17. The monoisotopic (exact) mass is 836 g/mol. The average Bonchev–Trinajstić information content (AvgIpc) is 3.25. The van der Waals surface area contributed by atoms with Gasteiger partial charge in [-0.25, -0.2) is 15.0 Å². The maximum atomic E-state index is 4.08. The standard InChI is InChI=1S/5C7H11N3.5C2H6/c1-7(2,3)6-4-9-10-5-8-6;1-7(2,3)6-4-8-5-9-10-6;1-7(2,3)6-4-8-10-9-5-6;1-7(2,3)6-8-4-5-9-10-6;1-7(2,3)6-4-5-8-10-9-6;5*1-2/h5*4-5H,1-3H3;5*1-2H3. The van der Waals surface area contributed by atoms with Crippen LogP contribution in [0.5, 0.6) is 0 Å². The highest BCUT2D eigenvalue weighted by Crippen LogP contribution is 2.20. The molecule has 0 saturated carbocycles. The number of hydrogen-bond acceptors (Lipinski definition) is 15. The van der Waals surface area contributed by atoms with E-state index >= 15 is 0 Å². The zero-order valence-corrected chi connectivity index (χ0v) is 42.5. The van der Waals surface area contributed by atoms with Crippen LogP contribution in [0.25, 0.3) is 0 Å². The van der Waals surface area contributed by atoms with Crippen LogP contribution in [0.4, 0.5) is 0 Å². The van der Waals surface area contributed by atoms with Crippen LogP contribution in [0, 0.1) is 0 Å². The predicted octanol–water partition coefficient (Wildman–Crippen LogP) is 11.0. The maximum Gasteiger partial charge on any atom is 0.156 e. The van der Waals surface area contributed by atoms with Gasteiger partial charge in [0.2, 0.25) is 0 Å². The van der Waals surface area contributed by atoms with Gasteiger partial charge in [-0.3, -0.25) is 0 Å². The van der Waals surface area contributed by atoms with Crippen LogP contribution in [0.15, 0.2) is 62.1 Å². The molecule has 5 aromatic heterocycles. The predicted molar refractivity (Wildman–Crippen MR) is 249 cm³/mol. The summed E-state index contributed by atoms with van der Waals surface area (Å²) in [6.45, 7) is 51.3. The lowest BCUT2D eigenvalue weighted by Gasteiger charge is -2.16. The lowest BCUT2D eigenvalue weighted by Crippen LogP contribution is -2.15. The van der Waals surface area contributed by atoms with Crippen molar-refractivity contribution in [2.75, 3.05) is 0 Å². The van der Waals surface area contributed by atoms with Crippen LogP contribution in [0.1, 0.15) is 202 Å². The molecule has 0 fully saturated rings. The summed E-state index contributed by atoms with van der Waals surface area (Å²) in [6, 6.07) is 1.88. The van der Waals surface area contributed by atoms with Crippen molar-refractivity contribution >= 4 is 0 Å². The molecular formula is C45H85N15. The largest absolute Gasteiger partial charge is 0.241 e. The van der Waals surface area contributed by atoms with Crippen LogP contribution < -0.4 is 0 Å². The first-order valence-electron chi connectivity index (χ1n) is 21.2. The molecule has 5 rings (SSSR count). The van der Waals surface area contributed by atoms with Gasteiger partial charge in [-0.2, -0.15) is 15.3 Å². The summed E-state index contributed by atoms with van der Waals surface area (Å²) in [6.07, 6.45) is 14.7. The second kappa shape index (κ2) is 35.9. The van der Waals surface area contributed by atoms with E-state index in [1.165, 1.54) is 12.7 Å². The molecule has 0 aliphatic rings. The fraction of sp³-hybridized carbons (Fsp3) is 0.667. The molecule has 0 saturated heterocycles. The Bertz CT molecular complexity index is 1290. The summed E-state index contributed by atoms with van der Waals surface area (Å²) in [7, 11) is 0. The Kier molecular flexibility index (Phi) is 38.5. The van der Waals surface area contributed by atoms with E-state index in [1.54, 1.807) is 43.4 Å². The fourth-order valence-electron chi connectivity index (χ4n) is 3.08. The average molecular weight is 836 g/mol. The Labute approximate surface area is 366 Å². The minimum atomic E-state index is 0.00819. The Balaban J connectivity index is -0.000000199. The van der Waals surface area contributed by atoms with Gasteiger partial charge in [-0.05, 0) is 27.5 Å². The Hall–Kier alpha value is -4.95. The molecular weight excluding hydrogens is 751 g/mol. The van der Waals surface area contributed by atoms with Crippen molar-refractivity contribution in [3.8, 4) is 0 Å². The molecule has 15 nitrogen and oxygen atoms in total. The van der Waals surface area contributed by atoms with Gasteiger partial charge in [0, 0.05) is 27.9 Å². The minimum Gasteiger partial charge on any atom is -0.241 e. The number of aromatic nitrogens is 15. The van der Waals surface area contributed by atoms with E-state index < -0.39 is 0 Å². The Morgan fingerprint density at radius 2 is 0.850 bits per heavy atom. The van der Waals surface area contributed by atoms with E-state index in [4.69, 9.17) is 0 Å². The minimum absolute atomic E-state index is 0.00819. The van der Waals surface area contributed by atoms with Crippen molar-refractivity contribution in [2.24, 2.45) is 0 Å². The molecule has 340 valence electrons. The quantitative estimate of drug-likeness (QED) is 0.143. The molecule has 0 amide bonds. The maximum absolute atomic E-state index is 4.08. The molecule has 0 bridgehead atoms. The second-order valence-corrected chi connectivity index (χ2v) is 16.2. The highest BCUT2D eigenvalue weighted by atomic mass is 15.3. The van der Waals surface area contributed by atoms with Crippen molar-refractivity contribution in [2.45, 2.75) is 200 Å². The smallest absolute Gasteiger partial charge is 0.156 e. The van der Waals surface area contributed by atoms with E-state index in [0.29, 0.717) is 0 Å². The van der Waals surface area contributed by atoms with Gasteiger partial charge in [0.15, 0.2) is 5.82 Å². The highest BCUT2D eigenvalue weighted by molar-refractivity contribution is 5.12. The molecule has 0 spiro atoms. The summed E-state index contributed by atoms with van der Waals surface area (Å²) in [5.74, 6) is 0.787. The second-order valence-electron chi connectivity index (χ2n) is 16.2. The van der Waals surface area contributed by atoms with Crippen molar-refractivity contribution < 1.29 is 0 Å². The molecule has 5 heterocycles. The third-order valence-electron chi connectivity index (χ3n) is 6.30. The van der Waals surface area contributed by atoms with Gasteiger partial charge in [-0.15, -0.1) is 35.7 Å². The molecule has 0 aromatic carbocycles. The van der Waals surface area contributed by atoms with Crippen LogP contribution >= 0.6 is 0 Å². The van der Waals surface area contributed by atoms with Crippen LogP contribution in [-0.4, -0.2) is 76.4 Å². The van der Waals surface area contributed by atoms with E-state index in [0.717, 1.165) is 28.5 Å². The first kappa shape index (κ1) is 64.2. The molecule has 0 atom stereocenters. The Morgan fingerprint density at radius 3 is 1.10 bits per heavy atom. The third-order valence-corrected chi connectivity index (χ3v) is 6.30. The number of rotatable bonds is 0. The summed E-state index contributed by atoms with van der Waals surface area (Å²) >= 11 is 0. The normalized spacial score (nSPS) is 10.1. The van der Waals surface area contributed by atoms with E-state index in [-0.39, 0.29) is 27.1 Å². The molecule has 60 heavy (non-hydrogen) atoms. The molecule has 15 heteroatoms. The number of hydrogen-bond donors (Lipinski definition) is 0. The molecule has 5 aromatic rings. The van der Waals surface area contributed by atoms with E-state index in [9.17, 15) is 0 Å². The van der Waals surface area contributed by atoms with Gasteiger partial charge in [0.25, 0.3) is 0 Å². The van der Waals surface area contributed by atoms with Crippen molar-refractivity contribution in [1.82, 2.24) is 76.4 Å². The summed E-state index contributed by atoms with van der Waals surface area (Å²) in [5, 5.41) is 44.5. The first-order valence-corrected chi connectivity index (χ1v) is 21.2. The fourth-order valence-corrected chi connectivity index (χ4v) is 3.08. The van der Waals surface area contributed by atoms with Crippen LogP contribution in [0.3, 0.4) is 0 Å². The van der Waals surface area contributed by atoms with E-state index in [2.05, 4.69) is 180 Å². The van der Waals surface area contributed by atoms with E-state index in [1.807, 2.05) is 75.3 Å². The van der Waals surface area contributed by atoms with Crippen molar-refractivity contribution in [1.29, 1.82) is 0 Å². The molecule has 0 aliphatic carbocycles. The van der Waals surface area contributed by atoms with Gasteiger partial charge in [0.1, 0.15) is 12.7 Å². The molecule has 0 aliphatic heterocycles. The first-order chi connectivity index (χ1) is 28.0. The summed E-state index contributed by atoms with van der Waals surface area (Å²) in [5.41, 5.74) is 4.34. The lowest BCUT2D eigenvalue weighted by atomic mass is 9.90. The van der Waals surface area contributed by atoms with Gasteiger partial charge < -0.3 is 0 Å². The lowest BCUT2D eigenvalue weighted by molar-refractivity contribution is 0.533. The SMILES string of the molecule is CC.CC.CC.CC.CC.CC(C)(C)c1ccnnn1.CC(C)(C)c1cncnn1.CC(C)(C)c1cnncn1.CC(C)(C)c1cnnnc1.CC(C)(C)c1nccnn1. The summed E-state index contributed by atoms with van der Waals surface area (Å²) < 4.78 is 0. The van der Waals surface area contributed by atoms with Crippen LogP contribution in [0.2, 0.25) is 0 Å². The molecule has 0 radical (unpaired) electrons. The van der Waals surface area contributed by atoms with Gasteiger partial charge >= 0.3 is 0 Å². The van der Waals surface area contributed by atoms with Crippen molar-refractivity contribution in [3.05, 3.63) is 90.6 Å². The Morgan fingerprint density at radius 1 is 0.333 bits per heavy atom. The zero-order valence-electron chi connectivity index (χ0n) is 42.5. The number of nitrogens with zero attached hydrogens (tertiary/aromatic N) is 15. The third kappa shape index (κ3) is 34.0. The molecule has 0 N–H and O–H groups in total. The van der Waals surface area contributed by atoms with Crippen LogP contribution in [-0.2, 0) is 27.1 Å². The molecule has 0 unspecified atom stereocenters. The zero-order chi connectivity index (χ0) is 48.1. The van der Waals surface area contributed by atoms with Gasteiger partial charge in [0.05, 0.1) is 54.3 Å². The summed E-state index contributed by atoms with van der Waals surface area (Å²) in [4.78, 5) is 12.0. The van der Waals surface area contributed by atoms with Gasteiger partial charge in [-0.1, -0.05) is 173 Å². The van der Waals surface area contributed by atoms with Crippen molar-refractivity contribution in [3.63, 3.8) is 0 Å².